The quantitative estimate of drug-likeness (QED) is 0.0755. The van der Waals surface area contributed by atoms with Crippen LogP contribution < -0.4 is 4.74 Å². The van der Waals surface area contributed by atoms with Gasteiger partial charge in [-0.2, -0.15) is 0 Å². The fourth-order valence-corrected chi connectivity index (χ4v) is 17.3. The normalized spacial score (nSPS) is 11.6. The molecular weight excluding hydrogens is 1400 g/mol. The maximum absolute atomic E-state index is 16.4. The van der Waals surface area contributed by atoms with Crippen LogP contribution in [0.5, 0.6) is 5.75 Å². The van der Waals surface area contributed by atoms with Crippen LogP contribution in [0, 0.1) is 6.92 Å². The van der Waals surface area contributed by atoms with Crippen LogP contribution in [-0.4, -0.2) is 34.6 Å². The van der Waals surface area contributed by atoms with E-state index in [-0.39, 0.29) is 0 Å². The summed E-state index contributed by atoms with van der Waals surface area (Å²) < 4.78 is 14.1. The van der Waals surface area contributed by atoms with Crippen molar-refractivity contribution in [2.75, 3.05) is 0 Å². The van der Waals surface area contributed by atoms with E-state index in [1.807, 2.05) is 79.3 Å². The van der Waals surface area contributed by atoms with Crippen LogP contribution in [0.4, 0.5) is 0 Å². The Kier molecular flexibility index (Phi) is 16.8. The lowest BCUT2D eigenvalue weighted by Gasteiger charge is -2.19. The van der Waals surface area contributed by atoms with Gasteiger partial charge in [0.25, 0.3) is 0 Å². The third-order valence-corrected chi connectivity index (χ3v) is 22.6. The predicted molar refractivity (Wildman–Crippen MR) is 473 cm³/mol. The number of carbonyl (C=O) groups excluding carboxylic acids is 1. The lowest BCUT2D eigenvalue weighted by molar-refractivity contribution is 0.0735. The predicted octanol–water partition coefficient (Wildman–Crippen LogP) is 27.4. The third kappa shape index (κ3) is 12.0. The van der Waals surface area contributed by atoms with Crippen molar-refractivity contribution < 1.29 is 9.53 Å². The molecular formula is C107H70N6O2. The van der Waals surface area contributed by atoms with Gasteiger partial charge in [-0.1, -0.05) is 218 Å². The molecule has 115 heavy (non-hydrogen) atoms. The average molecular weight is 1470 g/mol. The Hall–Kier alpha value is -15.4. The number of hydrogen-bond acceptors (Lipinski definition) is 5. The molecule has 0 saturated heterocycles. The van der Waals surface area contributed by atoms with Crippen LogP contribution in [0.15, 0.2) is 407 Å². The summed E-state index contributed by atoms with van der Waals surface area (Å²) in [4.78, 5) is 31.1. The van der Waals surface area contributed by atoms with Gasteiger partial charge in [0.1, 0.15) is 5.75 Å². The van der Waals surface area contributed by atoms with E-state index in [2.05, 4.69) is 348 Å². The molecule has 6 aromatic heterocycles. The van der Waals surface area contributed by atoms with Gasteiger partial charge >= 0.3 is 5.97 Å². The SMILES string of the molecule is Cc1cccnc1-c1ccc(OC(=O)c2cc(-c3ccccc3-c3ccc(-c4ccccn4)cc3-c3ccc4c(c3)c3ccccc3n4-c3ccccc3)cc(-c3ccccc3-c3ccc(-c4ccccn4)cc3-c3ccc4c(c3)c3ccccc3n4-c3ccccc3)c2)c(-c2ccc3c(c2)c2ccccc2n3-c2ccccc2)c1. The molecule has 21 rings (SSSR count). The van der Waals surface area contributed by atoms with Crippen LogP contribution in [0.2, 0.25) is 0 Å². The Morgan fingerprint density at radius 2 is 0.600 bits per heavy atom. The van der Waals surface area contributed by atoms with E-state index in [1.165, 1.54) is 0 Å². The number of aryl methyl sites for hydroxylation is 1. The number of aromatic nitrogens is 6. The van der Waals surface area contributed by atoms with Gasteiger partial charge < -0.3 is 18.4 Å². The Morgan fingerprint density at radius 3 is 1.03 bits per heavy atom. The molecule has 0 unspecified atom stereocenters. The monoisotopic (exact) mass is 1470 g/mol. The minimum Gasteiger partial charge on any atom is -0.422 e. The highest BCUT2D eigenvalue weighted by Gasteiger charge is 2.26. The van der Waals surface area contributed by atoms with Gasteiger partial charge in [0.2, 0.25) is 0 Å². The van der Waals surface area contributed by atoms with Gasteiger partial charge in [0.05, 0.1) is 55.7 Å². The van der Waals surface area contributed by atoms with E-state index < -0.39 is 5.97 Å². The number of nitrogens with zero attached hydrogens (tertiary/aromatic N) is 6. The van der Waals surface area contributed by atoms with Gasteiger partial charge in [-0.25, -0.2) is 4.79 Å². The summed E-state index contributed by atoms with van der Waals surface area (Å²) in [6.45, 7) is 2.08. The van der Waals surface area contributed by atoms with E-state index in [0.717, 1.165) is 200 Å². The minimum absolute atomic E-state index is 0.367. The van der Waals surface area contributed by atoms with Crippen LogP contribution in [0.1, 0.15) is 15.9 Å². The van der Waals surface area contributed by atoms with Gasteiger partial charge in [0.15, 0.2) is 0 Å². The van der Waals surface area contributed by atoms with Gasteiger partial charge in [0, 0.05) is 90.2 Å². The highest BCUT2D eigenvalue weighted by molar-refractivity contribution is 6.14. The molecule has 15 aromatic carbocycles. The molecule has 0 atom stereocenters. The first-order valence-corrected chi connectivity index (χ1v) is 38.9. The van der Waals surface area contributed by atoms with Crippen molar-refractivity contribution in [2.24, 2.45) is 0 Å². The molecule has 0 bridgehead atoms. The van der Waals surface area contributed by atoms with Gasteiger partial charge in [-0.15, -0.1) is 0 Å². The third-order valence-electron chi connectivity index (χ3n) is 22.6. The summed E-state index contributed by atoms with van der Waals surface area (Å²) in [5.41, 5.74) is 30.0. The zero-order chi connectivity index (χ0) is 76.5. The average Bonchev–Trinajstić information content (AvgIpc) is 1.66. The summed E-state index contributed by atoms with van der Waals surface area (Å²) >= 11 is 0. The lowest BCUT2D eigenvalue weighted by Crippen LogP contribution is -2.10. The number of pyridine rings is 3. The molecule has 21 aromatic rings. The summed E-state index contributed by atoms with van der Waals surface area (Å²) in [6.07, 6.45) is 5.53. The Morgan fingerprint density at radius 1 is 0.243 bits per heavy atom. The first-order chi connectivity index (χ1) is 56.9. The topological polar surface area (TPSA) is 79.8 Å². The van der Waals surface area contributed by atoms with Crippen molar-refractivity contribution in [3.8, 4) is 134 Å². The molecule has 8 nitrogen and oxygen atoms in total. The van der Waals surface area contributed by atoms with E-state index in [9.17, 15) is 0 Å². The fourth-order valence-electron chi connectivity index (χ4n) is 17.3. The van der Waals surface area contributed by atoms with Crippen molar-refractivity contribution >= 4 is 71.4 Å². The zero-order valence-electron chi connectivity index (χ0n) is 62.7. The van der Waals surface area contributed by atoms with Crippen molar-refractivity contribution in [2.45, 2.75) is 6.92 Å². The van der Waals surface area contributed by atoms with Crippen LogP contribution in [-0.2, 0) is 0 Å². The number of rotatable bonds is 15. The number of benzene rings is 15. The fraction of sp³-hybridized carbons (Fsp3) is 0.00935. The zero-order valence-corrected chi connectivity index (χ0v) is 62.7. The number of esters is 1. The first kappa shape index (κ1) is 67.7. The molecule has 0 aliphatic heterocycles. The highest BCUT2D eigenvalue weighted by atomic mass is 16.5. The maximum Gasteiger partial charge on any atom is 0.343 e. The Bertz CT molecular complexity index is 7080. The Labute approximate surface area is 664 Å². The molecule has 0 spiro atoms. The standard InChI is InChI=1S/C107H70N6O2/c1-69-26-25-59-110-106(69)75-50-56-105(93(68-75)72-49-55-104-96(65-72)90-39-17-20-44-101(90)113(104)81-31-9-4-10-32-81)115-107(114)78-61-76(82-33-11-13-35-84(82)86-51-45-73(97-40-21-23-57-108-97)66-91(86)70-47-53-102-94(63-70)88-37-15-18-42-99(88)111(102)79-27-5-2-6-28-79)60-77(62-78)83-34-12-14-36-85(83)87-52-46-74(98-41-22-24-58-109-98)67-92(87)71-48-54-103-95(64-71)89-38-16-19-43-100(89)112(103)80-29-7-3-8-30-80/h2-68H,1H3. The maximum atomic E-state index is 16.4. The molecule has 0 saturated carbocycles. The van der Waals surface area contributed by atoms with E-state index in [1.54, 1.807) is 0 Å². The number of para-hydroxylation sites is 6. The number of fused-ring (bicyclic) bond motifs is 9. The van der Waals surface area contributed by atoms with Crippen molar-refractivity contribution in [3.05, 3.63) is 418 Å². The summed E-state index contributed by atoms with van der Waals surface area (Å²) in [5.74, 6) is -0.112. The van der Waals surface area contributed by atoms with Gasteiger partial charge in [-0.05, 0) is 255 Å². The lowest BCUT2D eigenvalue weighted by atomic mass is 9.85. The van der Waals surface area contributed by atoms with E-state index in [0.29, 0.717) is 11.3 Å². The van der Waals surface area contributed by atoms with Crippen molar-refractivity contribution in [1.82, 2.24) is 28.7 Å². The first-order valence-electron chi connectivity index (χ1n) is 38.9. The second kappa shape index (κ2) is 28.5. The molecule has 6 heterocycles. The molecule has 0 amide bonds. The summed E-state index contributed by atoms with van der Waals surface area (Å²) in [6, 6.07) is 137. The second-order valence-electron chi connectivity index (χ2n) is 29.4. The largest absolute Gasteiger partial charge is 0.422 e. The van der Waals surface area contributed by atoms with Crippen LogP contribution in [0.25, 0.3) is 194 Å². The van der Waals surface area contributed by atoms with Crippen LogP contribution in [0.3, 0.4) is 0 Å². The second-order valence-corrected chi connectivity index (χ2v) is 29.4. The van der Waals surface area contributed by atoms with Crippen molar-refractivity contribution in [1.29, 1.82) is 0 Å². The molecule has 540 valence electrons. The number of carbonyl (C=O) groups is 1. The Balaban J connectivity index is 0.765. The van der Waals surface area contributed by atoms with E-state index >= 15 is 4.79 Å². The minimum atomic E-state index is -0.519. The number of ether oxygens (including phenoxy) is 1. The molecule has 0 aliphatic rings. The van der Waals surface area contributed by atoms with E-state index in [4.69, 9.17) is 19.7 Å². The molecule has 8 heteroatoms. The highest BCUT2D eigenvalue weighted by Crippen LogP contribution is 2.48. The summed E-state index contributed by atoms with van der Waals surface area (Å²) in [7, 11) is 0. The molecule has 0 aliphatic carbocycles. The van der Waals surface area contributed by atoms with Crippen molar-refractivity contribution in [3.63, 3.8) is 0 Å². The smallest absolute Gasteiger partial charge is 0.343 e. The number of hydrogen-bond donors (Lipinski definition) is 0. The van der Waals surface area contributed by atoms with Crippen LogP contribution >= 0.6 is 0 Å². The molecule has 0 radical (unpaired) electrons. The molecule has 0 fully saturated rings. The molecule has 0 N–H and O–H groups in total. The summed E-state index contributed by atoms with van der Waals surface area (Å²) in [5, 5.41) is 6.77. The van der Waals surface area contributed by atoms with Gasteiger partial charge in [-0.3, -0.25) is 15.0 Å².